The van der Waals surface area contributed by atoms with Crippen molar-refractivity contribution in [2.45, 2.75) is 13.5 Å². The molecule has 0 aliphatic carbocycles. The summed E-state index contributed by atoms with van der Waals surface area (Å²) in [5.74, 6) is 0. The summed E-state index contributed by atoms with van der Waals surface area (Å²) in [5, 5.41) is 4.18. The predicted octanol–water partition coefficient (Wildman–Crippen LogP) is 2.45. The van der Waals surface area contributed by atoms with Crippen molar-refractivity contribution in [3.63, 3.8) is 0 Å². The van der Waals surface area contributed by atoms with Crippen molar-refractivity contribution < 1.29 is 0 Å². The Labute approximate surface area is 116 Å². The molecule has 102 valence electrons. The molecule has 1 aromatic rings. The van der Waals surface area contributed by atoms with E-state index >= 15 is 0 Å². The third kappa shape index (κ3) is 4.48. The second-order valence-corrected chi connectivity index (χ2v) is 5.15. The predicted molar refractivity (Wildman–Crippen MR) is 80.7 cm³/mol. The molecule has 1 aromatic carbocycles. The molecule has 0 atom stereocenters. The topological polar surface area (TPSA) is 18.5 Å². The third-order valence-electron chi connectivity index (χ3n) is 2.94. The number of benzene rings is 1. The Hall–Kier alpha value is -0.770. The van der Waals surface area contributed by atoms with Crippen LogP contribution in [0, 0.1) is 0 Å². The van der Waals surface area contributed by atoms with E-state index in [0.29, 0.717) is 0 Å². The molecule has 0 amide bonds. The van der Waals surface area contributed by atoms with Crippen molar-refractivity contribution in [1.82, 2.24) is 10.2 Å². The minimum Gasteiger partial charge on any atom is -0.373 e. The van der Waals surface area contributed by atoms with Gasteiger partial charge in [-0.2, -0.15) is 0 Å². The van der Waals surface area contributed by atoms with Gasteiger partial charge in [0.1, 0.15) is 0 Å². The molecule has 0 radical (unpaired) electrons. The summed E-state index contributed by atoms with van der Waals surface area (Å²) in [5.41, 5.74) is 2.40. The summed E-state index contributed by atoms with van der Waals surface area (Å²) in [6.45, 7) is 5.90. The van der Waals surface area contributed by atoms with Crippen molar-refractivity contribution in [3.8, 4) is 0 Å². The van der Waals surface area contributed by atoms with Gasteiger partial charge in [0.2, 0.25) is 0 Å². The monoisotopic (exact) mass is 269 g/mol. The standard InChI is InChI=1S/C14H24ClN3/c1-5-16-11-12-13(15)7-6-8-14(12)18(4)10-9-17(2)3/h6-8,16H,5,9-11H2,1-4H3. The molecule has 0 aromatic heterocycles. The van der Waals surface area contributed by atoms with Gasteiger partial charge in [0.25, 0.3) is 0 Å². The number of nitrogens with zero attached hydrogens (tertiary/aromatic N) is 2. The quantitative estimate of drug-likeness (QED) is 0.820. The number of hydrogen-bond acceptors (Lipinski definition) is 3. The molecule has 1 N–H and O–H groups in total. The van der Waals surface area contributed by atoms with Crippen LogP contribution in [0.2, 0.25) is 5.02 Å². The van der Waals surface area contributed by atoms with Gasteiger partial charge in [0, 0.05) is 43.0 Å². The zero-order valence-corrected chi connectivity index (χ0v) is 12.6. The van der Waals surface area contributed by atoms with Crippen molar-refractivity contribution in [1.29, 1.82) is 0 Å². The van der Waals surface area contributed by atoms with Crippen molar-refractivity contribution >= 4 is 17.3 Å². The molecule has 0 aliphatic rings. The molecule has 1 rings (SSSR count). The van der Waals surface area contributed by atoms with Gasteiger partial charge in [-0.1, -0.05) is 24.6 Å². The number of halogens is 1. The highest BCUT2D eigenvalue weighted by Crippen LogP contribution is 2.26. The Morgan fingerprint density at radius 3 is 2.50 bits per heavy atom. The lowest BCUT2D eigenvalue weighted by Gasteiger charge is -2.25. The van der Waals surface area contributed by atoms with Gasteiger partial charge in [-0.3, -0.25) is 0 Å². The first-order valence-electron chi connectivity index (χ1n) is 6.40. The maximum absolute atomic E-state index is 6.29. The first kappa shape index (κ1) is 15.3. The van der Waals surface area contributed by atoms with Gasteiger partial charge in [-0.15, -0.1) is 0 Å². The molecule has 0 saturated heterocycles. The van der Waals surface area contributed by atoms with Crippen LogP contribution in [-0.2, 0) is 6.54 Å². The molecule has 0 spiro atoms. The van der Waals surface area contributed by atoms with Gasteiger partial charge in [0.05, 0.1) is 0 Å². The number of hydrogen-bond donors (Lipinski definition) is 1. The zero-order chi connectivity index (χ0) is 13.5. The average molecular weight is 270 g/mol. The maximum atomic E-state index is 6.29. The molecule has 4 heteroatoms. The third-order valence-corrected chi connectivity index (χ3v) is 3.29. The molecule has 18 heavy (non-hydrogen) atoms. The van der Waals surface area contributed by atoms with E-state index in [1.807, 2.05) is 12.1 Å². The maximum Gasteiger partial charge on any atom is 0.0471 e. The first-order valence-corrected chi connectivity index (χ1v) is 6.78. The number of likely N-dealkylation sites (N-methyl/N-ethyl adjacent to an activating group) is 2. The van der Waals surface area contributed by atoms with E-state index in [-0.39, 0.29) is 0 Å². The zero-order valence-electron chi connectivity index (χ0n) is 11.8. The van der Waals surface area contributed by atoms with Crippen molar-refractivity contribution in [3.05, 3.63) is 28.8 Å². The lowest BCUT2D eigenvalue weighted by atomic mass is 10.1. The Morgan fingerprint density at radius 2 is 1.89 bits per heavy atom. The van der Waals surface area contributed by atoms with Crippen LogP contribution in [0.1, 0.15) is 12.5 Å². The minimum atomic E-state index is 0.817. The summed E-state index contributed by atoms with van der Waals surface area (Å²) in [7, 11) is 6.29. The lowest BCUT2D eigenvalue weighted by molar-refractivity contribution is 0.416. The molecular weight excluding hydrogens is 246 g/mol. The molecule has 0 unspecified atom stereocenters. The van der Waals surface area contributed by atoms with Gasteiger partial charge < -0.3 is 15.1 Å². The molecule has 0 bridgehead atoms. The van der Waals surface area contributed by atoms with E-state index in [1.54, 1.807) is 0 Å². The number of rotatable bonds is 7. The van der Waals surface area contributed by atoms with Crippen LogP contribution in [-0.4, -0.2) is 45.7 Å². The lowest BCUT2D eigenvalue weighted by Crippen LogP contribution is -2.29. The Balaban J connectivity index is 2.82. The van der Waals surface area contributed by atoms with E-state index < -0.39 is 0 Å². The average Bonchev–Trinajstić information content (AvgIpc) is 2.34. The molecule has 0 heterocycles. The normalized spacial score (nSPS) is 11.0. The number of anilines is 1. The van der Waals surface area contributed by atoms with E-state index in [2.05, 4.69) is 49.2 Å². The van der Waals surface area contributed by atoms with Crippen molar-refractivity contribution in [2.75, 3.05) is 45.7 Å². The second kappa shape index (κ2) is 7.62. The van der Waals surface area contributed by atoms with Crippen LogP contribution in [0.4, 0.5) is 5.69 Å². The highest BCUT2D eigenvalue weighted by molar-refractivity contribution is 6.31. The summed E-state index contributed by atoms with van der Waals surface area (Å²) in [4.78, 5) is 4.45. The van der Waals surface area contributed by atoms with E-state index in [1.165, 1.54) is 11.3 Å². The molecular formula is C14H24ClN3. The molecule has 3 nitrogen and oxygen atoms in total. The fourth-order valence-corrected chi connectivity index (χ4v) is 2.04. The van der Waals surface area contributed by atoms with E-state index in [0.717, 1.165) is 31.2 Å². The summed E-state index contributed by atoms with van der Waals surface area (Å²) in [6.07, 6.45) is 0. The van der Waals surface area contributed by atoms with Gasteiger partial charge >= 0.3 is 0 Å². The number of nitrogens with one attached hydrogen (secondary N) is 1. The Bertz CT molecular complexity index is 366. The van der Waals surface area contributed by atoms with Crippen LogP contribution in [0.25, 0.3) is 0 Å². The van der Waals surface area contributed by atoms with E-state index in [9.17, 15) is 0 Å². The van der Waals surface area contributed by atoms with Crippen molar-refractivity contribution in [2.24, 2.45) is 0 Å². The van der Waals surface area contributed by atoms with Crippen LogP contribution in [0.5, 0.6) is 0 Å². The van der Waals surface area contributed by atoms with Crippen LogP contribution >= 0.6 is 11.6 Å². The van der Waals surface area contributed by atoms with Gasteiger partial charge in [-0.25, -0.2) is 0 Å². The summed E-state index contributed by atoms with van der Waals surface area (Å²) in [6, 6.07) is 6.10. The van der Waals surface area contributed by atoms with Crippen LogP contribution < -0.4 is 10.2 Å². The van der Waals surface area contributed by atoms with Gasteiger partial charge in [-0.05, 0) is 32.8 Å². The SMILES string of the molecule is CCNCc1c(Cl)cccc1N(C)CCN(C)C. The van der Waals surface area contributed by atoms with Crippen LogP contribution in [0.3, 0.4) is 0 Å². The smallest absolute Gasteiger partial charge is 0.0471 e. The molecule has 0 saturated carbocycles. The Kier molecular flexibility index (Phi) is 6.47. The minimum absolute atomic E-state index is 0.817. The largest absolute Gasteiger partial charge is 0.373 e. The summed E-state index contributed by atoms with van der Waals surface area (Å²) >= 11 is 6.29. The van der Waals surface area contributed by atoms with Gasteiger partial charge in [0.15, 0.2) is 0 Å². The molecule has 0 aliphatic heterocycles. The van der Waals surface area contributed by atoms with Crippen LogP contribution in [0.15, 0.2) is 18.2 Å². The Morgan fingerprint density at radius 1 is 1.17 bits per heavy atom. The fourth-order valence-electron chi connectivity index (χ4n) is 1.80. The highest BCUT2D eigenvalue weighted by Gasteiger charge is 2.10. The fraction of sp³-hybridized carbons (Fsp3) is 0.571. The second-order valence-electron chi connectivity index (χ2n) is 4.74. The van der Waals surface area contributed by atoms with E-state index in [4.69, 9.17) is 11.6 Å². The first-order chi connectivity index (χ1) is 8.56. The summed E-state index contributed by atoms with van der Waals surface area (Å²) < 4.78 is 0. The highest BCUT2D eigenvalue weighted by atomic mass is 35.5. The molecule has 0 fully saturated rings.